The van der Waals surface area contributed by atoms with Gasteiger partial charge in [0.15, 0.2) is 0 Å². The second-order valence-corrected chi connectivity index (χ2v) is 6.01. The maximum atomic E-state index is 12.5. The Balaban J connectivity index is 1.95. The molecular formula is C16H15N3O2S. The molecule has 0 radical (unpaired) electrons. The Morgan fingerprint density at radius 3 is 2.64 bits per heavy atom. The van der Waals surface area contributed by atoms with E-state index in [1.807, 2.05) is 36.6 Å². The minimum Gasteiger partial charge on any atom is -0.361 e. The van der Waals surface area contributed by atoms with E-state index in [0.717, 1.165) is 22.0 Å². The van der Waals surface area contributed by atoms with Gasteiger partial charge in [-0.15, -0.1) is 11.3 Å². The summed E-state index contributed by atoms with van der Waals surface area (Å²) in [4.78, 5) is 17.0. The van der Waals surface area contributed by atoms with Crippen LogP contribution in [0.25, 0.3) is 11.3 Å². The van der Waals surface area contributed by atoms with Crippen LogP contribution in [0.5, 0.6) is 0 Å². The third-order valence-electron chi connectivity index (χ3n) is 3.33. The van der Waals surface area contributed by atoms with E-state index in [2.05, 4.69) is 15.5 Å². The van der Waals surface area contributed by atoms with Crippen molar-refractivity contribution in [3.8, 4) is 11.3 Å². The van der Waals surface area contributed by atoms with E-state index >= 15 is 0 Å². The minimum atomic E-state index is -0.226. The second-order valence-electron chi connectivity index (χ2n) is 4.95. The van der Waals surface area contributed by atoms with Crippen LogP contribution in [-0.2, 0) is 0 Å². The van der Waals surface area contributed by atoms with Gasteiger partial charge < -0.3 is 9.84 Å². The highest BCUT2D eigenvalue weighted by Crippen LogP contribution is 2.29. The lowest BCUT2D eigenvalue weighted by molar-refractivity contribution is 0.102. The minimum absolute atomic E-state index is 0.226. The molecule has 0 spiro atoms. The summed E-state index contributed by atoms with van der Waals surface area (Å²) in [6, 6.07) is 7.61. The largest absolute Gasteiger partial charge is 0.361 e. The van der Waals surface area contributed by atoms with Gasteiger partial charge in [0, 0.05) is 10.9 Å². The predicted molar refractivity (Wildman–Crippen MR) is 86.2 cm³/mol. The first kappa shape index (κ1) is 14.5. The van der Waals surface area contributed by atoms with Gasteiger partial charge in [-0.1, -0.05) is 23.4 Å². The molecule has 22 heavy (non-hydrogen) atoms. The zero-order valence-electron chi connectivity index (χ0n) is 12.5. The van der Waals surface area contributed by atoms with E-state index in [1.165, 1.54) is 0 Å². The van der Waals surface area contributed by atoms with Gasteiger partial charge in [-0.05, 0) is 26.8 Å². The lowest BCUT2D eigenvalue weighted by Crippen LogP contribution is -2.14. The molecule has 0 bridgehead atoms. The van der Waals surface area contributed by atoms with Crippen LogP contribution in [0.15, 0.2) is 34.2 Å². The topological polar surface area (TPSA) is 68.0 Å². The number of nitrogens with zero attached hydrogens (tertiary/aromatic N) is 2. The van der Waals surface area contributed by atoms with E-state index in [0.29, 0.717) is 17.0 Å². The van der Waals surface area contributed by atoms with Gasteiger partial charge in [-0.2, -0.15) is 0 Å². The summed E-state index contributed by atoms with van der Waals surface area (Å²) in [6.45, 7) is 5.44. The smallest absolute Gasteiger partial charge is 0.261 e. The molecule has 112 valence electrons. The predicted octanol–water partition coefficient (Wildman–Crippen LogP) is 3.98. The third-order valence-corrected chi connectivity index (χ3v) is 4.10. The van der Waals surface area contributed by atoms with Crippen LogP contribution in [0.2, 0.25) is 0 Å². The SMILES string of the molecule is Cc1nc(-c2ccccc2NC(=O)c2c(C)noc2C)cs1. The molecule has 0 aliphatic heterocycles. The molecule has 0 saturated heterocycles. The van der Waals surface area contributed by atoms with Crippen molar-refractivity contribution in [2.24, 2.45) is 0 Å². The van der Waals surface area contributed by atoms with Crippen LogP contribution in [0.3, 0.4) is 0 Å². The monoisotopic (exact) mass is 313 g/mol. The lowest BCUT2D eigenvalue weighted by atomic mass is 10.1. The standard InChI is InChI=1S/C16H15N3O2S/c1-9-15(10(2)21-19-9)16(20)18-13-7-5-4-6-12(13)14-8-22-11(3)17-14/h4-8H,1-3H3,(H,18,20). The van der Waals surface area contributed by atoms with Crippen molar-refractivity contribution in [1.29, 1.82) is 0 Å². The van der Waals surface area contributed by atoms with Gasteiger partial charge in [0.05, 0.1) is 22.1 Å². The average Bonchev–Trinajstić information content (AvgIpc) is 3.06. The molecular weight excluding hydrogens is 298 g/mol. The van der Waals surface area contributed by atoms with E-state index in [9.17, 15) is 4.79 Å². The Kier molecular flexibility index (Phi) is 3.77. The number of hydrogen-bond acceptors (Lipinski definition) is 5. The molecule has 1 N–H and O–H groups in total. The number of aromatic nitrogens is 2. The molecule has 3 aromatic rings. The Morgan fingerprint density at radius 2 is 2.00 bits per heavy atom. The first-order valence-electron chi connectivity index (χ1n) is 6.82. The fraction of sp³-hybridized carbons (Fsp3) is 0.188. The van der Waals surface area contributed by atoms with Crippen molar-refractivity contribution in [3.63, 3.8) is 0 Å². The summed E-state index contributed by atoms with van der Waals surface area (Å²) in [5, 5.41) is 9.71. The number of aryl methyl sites for hydroxylation is 3. The molecule has 0 fully saturated rings. The molecule has 0 saturated carbocycles. The highest BCUT2D eigenvalue weighted by atomic mass is 32.1. The van der Waals surface area contributed by atoms with E-state index in [4.69, 9.17) is 4.52 Å². The van der Waals surface area contributed by atoms with Gasteiger partial charge in [0.2, 0.25) is 0 Å². The molecule has 5 nitrogen and oxygen atoms in total. The van der Waals surface area contributed by atoms with Crippen molar-refractivity contribution >= 4 is 22.9 Å². The molecule has 2 heterocycles. The summed E-state index contributed by atoms with van der Waals surface area (Å²) in [5.41, 5.74) is 3.53. The van der Waals surface area contributed by atoms with Crippen molar-refractivity contribution in [1.82, 2.24) is 10.1 Å². The van der Waals surface area contributed by atoms with Crippen LogP contribution < -0.4 is 5.32 Å². The van der Waals surface area contributed by atoms with Crippen LogP contribution >= 0.6 is 11.3 Å². The number of anilines is 1. The fourth-order valence-electron chi connectivity index (χ4n) is 2.29. The highest BCUT2D eigenvalue weighted by Gasteiger charge is 2.19. The molecule has 2 aromatic heterocycles. The van der Waals surface area contributed by atoms with Gasteiger partial charge in [0.1, 0.15) is 11.3 Å². The Morgan fingerprint density at radius 1 is 1.23 bits per heavy atom. The summed E-state index contributed by atoms with van der Waals surface area (Å²) in [5.74, 6) is 0.285. The maximum absolute atomic E-state index is 12.5. The number of hydrogen-bond donors (Lipinski definition) is 1. The highest BCUT2D eigenvalue weighted by molar-refractivity contribution is 7.09. The van der Waals surface area contributed by atoms with Crippen LogP contribution in [-0.4, -0.2) is 16.0 Å². The summed E-state index contributed by atoms with van der Waals surface area (Å²) in [6.07, 6.45) is 0. The third kappa shape index (κ3) is 2.65. The van der Waals surface area contributed by atoms with Gasteiger partial charge >= 0.3 is 0 Å². The number of thiazole rings is 1. The Labute approximate surface area is 132 Å². The van der Waals surface area contributed by atoms with E-state index < -0.39 is 0 Å². The number of benzene rings is 1. The molecule has 1 amide bonds. The number of para-hydroxylation sites is 1. The second kappa shape index (κ2) is 5.73. The maximum Gasteiger partial charge on any atom is 0.261 e. The van der Waals surface area contributed by atoms with E-state index in [-0.39, 0.29) is 5.91 Å². The normalized spacial score (nSPS) is 10.7. The number of amides is 1. The zero-order valence-corrected chi connectivity index (χ0v) is 13.3. The molecule has 6 heteroatoms. The number of rotatable bonds is 3. The fourth-order valence-corrected chi connectivity index (χ4v) is 2.91. The van der Waals surface area contributed by atoms with Crippen molar-refractivity contribution in [2.75, 3.05) is 5.32 Å². The van der Waals surface area contributed by atoms with Crippen LogP contribution in [0.4, 0.5) is 5.69 Å². The summed E-state index contributed by atoms with van der Waals surface area (Å²) >= 11 is 1.58. The summed E-state index contributed by atoms with van der Waals surface area (Å²) in [7, 11) is 0. The molecule has 0 aliphatic carbocycles. The summed E-state index contributed by atoms with van der Waals surface area (Å²) < 4.78 is 5.05. The number of carbonyl (C=O) groups is 1. The van der Waals surface area contributed by atoms with Crippen LogP contribution in [0.1, 0.15) is 26.8 Å². The molecule has 1 aromatic carbocycles. The van der Waals surface area contributed by atoms with Gasteiger partial charge in [-0.25, -0.2) is 4.98 Å². The van der Waals surface area contributed by atoms with E-state index in [1.54, 1.807) is 25.2 Å². The lowest BCUT2D eigenvalue weighted by Gasteiger charge is -2.09. The number of carbonyl (C=O) groups excluding carboxylic acids is 1. The number of nitrogens with one attached hydrogen (secondary N) is 1. The molecule has 0 unspecified atom stereocenters. The Bertz CT molecular complexity index is 816. The van der Waals surface area contributed by atoms with Crippen LogP contribution in [0, 0.1) is 20.8 Å². The van der Waals surface area contributed by atoms with Crippen molar-refractivity contribution < 1.29 is 9.32 Å². The molecule has 3 rings (SSSR count). The quantitative estimate of drug-likeness (QED) is 0.794. The van der Waals surface area contributed by atoms with Crippen molar-refractivity contribution in [2.45, 2.75) is 20.8 Å². The zero-order chi connectivity index (χ0) is 15.7. The molecule has 0 atom stereocenters. The van der Waals surface area contributed by atoms with Crippen molar-refractivity contribution in [3.05, 3.63) is 51.7 Å². The average molecular weight is 313 g/mol. The van der Waals surface area contributed by atoms with Gasteiger partial charge in [0.25, 0.3) is 5.91 Å². The van der Waals surface area contributed by atoms with Gasteiger partial charge in [-0.3, -0.25) is 4.79 Å². The Hall–Kier alpha value is -2.47. The molecule has 0 aliphatic rings. The first-order chi connectivity index (χ1) is 10.6. The first-order valence-corrected chi connectivity index (χ1v) is 7.70.